The number of halogens is 2. The highest BCUT2D eigenvalue weighted by atomic mass is 19.3. The van der Waals surface area contributed by atoms with E-state index in [2.05, 4.69) is 19.4 Å². The second-order valence-electron chi connectivity index (χ2n) is 2.00. The summed E-state index contributed by atoms with van der Waals surface area (Å²) in [6.07, 6.45) is 0. The number of anilines is 1. The van der Waals surface area contributed by atoms with Gasteiger partial charge in [-0.25, -0.2) is 0 Å². The summed E-state index contributed by atoms with van der Waals surface area (Å²) in [6.45, 7) is -2.95. The first-order valence-electron chi connectivity index (χ1n) is 3.25. The van der Waals surface area contributed by atoms with Crippen molar-refractivity contribution in [3.8, 4) is 11.9 Å². The smallest absolute Gasteiger partial charge is 0.388 e. The molecule has 7 heteroatoms. The van der Waals surface area contributed by atoms with E-state index in [-0.39, 0.29) is 17.7 Å². The quantitative estimate of drug-likeness (QED) is 0.760. The lowest BCUT2D eigenvalue weighted by Gasteiger charge is -2.04. The van der Waals surface area contributed by atoms with Gasteiger partial charge in [-0.05, 0) is 0 Å². The summed E-state index contributed by atoms with van der Waals surface area (Å²) in [5, 5.41) is 0. The Morgan fingerprint density at radius 1 is 1.46 bits per heavy atom. The van der Waals surface area contributed by atoms with Crippen LogP contribution in [-0.2, 0) is 0 Å². The van der Waals surface area contributed by atoms with Gasteiger partial charge >= 0.3 is 12.6 Å². The summed E-state index contributed by atoms with van der Waals surface area (Å²) >= 11 is 0. The van der Waals surface area contributed by atoms with Crippen molar-refractivity contribution < 1.29 is 18.3 Å². The maximum atomic E-state index is 11.7. The molecule has 0 aliphatic carbocycles. The number of ether oxygens (including phenoxy) is 2. The Kier molecular flexibility index (Phi) is 2.78. The Morgan fingerprint density at radius 3 is 2.69 bits per heavy atom. The molecule has 5 nitrogen and oxygen atoms in total. The Hall–Kier alpha value is -1.66. The molecule has 0 aromatic carbocycles. The predicted molar refractivity (Wildman–Crippen MR) is 39.6 cm³/mol. The number of alkyl halides is 2. The SMILES string of the molecule is COc1nc(N)cc(OC(F)F)n1. The van der Waals surface area contributed by atoms with Crippen LogP contribution in [0.4, 0.5) is 14.6 Å². The molecule has 72 valence electrons. The zero-order valence-electron chi connectivity index (χ0n) is 6.70. The molecule has 0 unspecified atom stereocenters. The van der Waals surface area contributed by atoms with Gasteiger partial charge in [0, 0.05) is 6.07 Å². The maximum absolute atomic E-state index is 11.7. The Balaban J connectivity index is 2.88. The fourth-order valence-corrected chi connectivity index (χ4v) is 0.664. The first-order valence-corrected chi connectivity index (χ1v) is 3.25. The number of rotatable bonds is 3. The Bertz CT molecular complexity index is 295. The number of nitrogens with two attached hydrogens (primary N) is 1. The van der Waals surface area contributed by atoms with Crippen molar-refractivity contribution >= 4 is 5.82 Å². The average Bonchev–Trinajstić information content (AvgIpc) is 2.01. The van der Waals surface area contributed by atoms with Crippen LogP contribution in [0.5, 0.6) is 11.9 Å². The maximum Gasteiger partial charge on any atom is 0.388 e. The van der Waals surface area contributed by atoms with Gasteiger partial charge in [-0.2, -0.15) is 18.7 Å². The normalized spacial score (nSPS) is 10.2. The molecule has 1 aromatic heterocycles. The third-order valence-corrected chi connectivity index (χ3v) is 1.09. The van der Waals surface area contributed by atoms with Crippen molar-refractivity contribution in [3.05, 3.63) is 6.07 Å². The summed E-state index contributed by atoms with van der Waals surface area (Å²) in [6, 6.07) is 0.963. The average molecular weight is 191 g/mol. The molecule has 0 fully saturated rings. The first-order chi connectivity index (χ1) is 6.11. The summed E-state index contributed by atoms with van der Waals surface area (Å²) < 4.78 is 32.0. The van der Waals surface area contributed by atoms with Crippen LogP contribution in [-0.4, -0.2) is 23.7 Å². The minimum absolute atomic E-state index is 0.00231. The third kappa shape index (κ3) is 2.69. The molecular formula is C6H7F2N3O2. The number of hydrogen-bond donors (Lipinski definition) is 1. The molecule has 0 atom stereocenters. The number of methoxy groups -OCH3 is 1. The molecule has 0 saturated carbocycles. The fourth-order valence-electron chi connectivity index (χ4n) is 0.664. The summed E-state index contributed by atoms with van der Waals surface area (Å²) in [5.41, 5.74) is 5.25. The van der Waals surface area contributed by atoms with Gasteiger partial charge in [0.1, 0.15) is 5.82 Å². The number of nitrogens with zero attached hydrogens (tertiary/aromatic N) is 2. The first kappa shape index (κ1) is 9.43. The molecule has 0 spiro atoms. The molecule has 1 heterocycles. The largest absolute Gasteiger partial charge is 0.467 e. The van der Waals surface area contributed by atoms with Crippen molar-refractivity contribution in [1.82, 2.24) is 9.97 Å². The van der Waals surface area contributed by atoms with E-state index < -0.39 is 6.61 Å². The van der Waals surface area contributed by atoms with Crippen molar-refractivity contribution in [2.24, 2.45) is 0 Å². The van der Waals surface area contributed by atoms with Gasteiger partial charge in [-0.1, -0.05) is 0 Å². The summed E-state index contributed by atoms with van der Waals surface area (Å²) in [5.74, 6) is -0.318. The van der Waals surface area contributed by atoms with Crippen LogP contribution < -0.4 is 15.2 Å². The molecule has 0 radical (unpaired) electrons. The van der Waals surface area contributed by atoms with E-state index in [0.717, 1.165) is 6.07 Å². The highest BCUT2D eigenvalue weighted by Crippen LogP contribution is 2.16. The highest BCUT2D eigenvalue weighted by Gasteiger charge is 2.08. The van der Waals surface area contributed by atoms with Crippen LogP contribution >= 0.6 is 0 Å². The van der Waals surface area contributed by atoms with Gasteiger partial charge in [0.05, 0.1) is 7.11 Å². The van der Waals surface area contributed by atoms with Crippen LogP contribution in [0, 0.1) is 0 Å². The second kappa shape index (κ2) is 3.83. The van der Waals surface area contributed by atoms with Crippen LogP contribution in [0.3, 0.4) is 0 Å². The van der Waals surface area contributed by atoms with E-state index in [9.17, 15) is 8.78 Å². The van der Waals surface area contributed by atoms with Crippen LogP contribution in [0.15, 0.2) is 6.07 Å². The van der Waals surface area contributed by atoms with Gasteiger partial charge in [0.25, 0.3) is 0 Å². The molecule has 0 saturated heterocycles. The second-order valence-corrected chi connectivity index (χ2v) is 2.00. The third-order valence-electron chi connectivity index (χ3n) is 1.09. The minimum atomic E-state index is -2.95. The fraction of sp³-hybridized carbons (Fsp3) is 0.333. The molecule has 0 aliphatic heterocycles. The molecular weight excluding hydrogens is 184 g/mol. The monoisotopic (exact) mass is 191 g/mol. The highest BCUT2D eigenvalue weighted by molar-refractivity contribution is 5.34. The molecule has 1 rings (SSSR count). The van der Waals surface area contributed by atoms with Crippen LogP contribution in [0.2, 0.25) is 0 Å². The van der Waals surface area contributed by atoms with Gasteiger partial charge in [-0.15, -0.1) is 0 Å². The lowest BCUT2D eigenvalue weighted by atomic mass is 10.6. The van der Waals surface area contributed by atoms with Crippen molar-refractivity contribution in [2.75, 3.05) is 12.8 Å². The predicted octanol–water partition coefficient (Wildman–Crippen LogP) is 0.669. The number of nitrogen functional groups attached to an aromatic ring is 1. The van der Waals surface area contributed by atoms with Crippen molar-refractivity contribution in [1.29, 1.82) is 0 Å². The van der Waals surface area contributed by atoms with Gasteiger partial charge in [0.2, 0.25) is 5.88 Å². The Labute approximate surface area is 72.5 Å². The minimum Gasteiger partial charge on any atom is -0.467 e. The van der Waals surface area contributed by atoms with E-state index >= 15 is 0 Å². The molecule has 0 aliphatic rings. The zero-order valence-corrected chi connectivity index (χ0v) is 6.70. The van der Waals surface area contributed by atoms with Gasteiger partial charge in [0.15, 0.2) is 0 Å². The van der Waals surface area contributed by atoms with Crippen LogP contribution in [0.1, 0.15) is 0 Å². The summed E-state index contributed by atoms with van der Waals surface area (Å²) in [7, 11) is 1.29. The van der Waals surface area contributed by atoms with Gasteiger partial charge in [-0.3, -0.25) is 0 Å². The molecule has 13 heavy (non-hydrogen) atoms. The van der Waals surface area contributed by atoms with E-state index in [1.54, 1.807) is 0 Å². The van der Waals surface area contributed by atoms with Crippen LogP contribution in [0.25, 0.3) is 0 Å². The molecule has 1 aromatic rings. The standard InChI is InChI=1S/C6H7F2N3O2/c1-12-6-10-3(9)2-4(11-6)13-5(7)8/h2,5H,1H3,(H2,9,10,11). The lowest BCUT2D eigenvalue weighted by Crippen LogP contribution is -2.06. The molecule has 0 bridgehead atoms. The van der Waals surface area contributed by atoms with E-state index in [0.29, 0.717) is 0 Å². The van der Waals surface area contributed by atoms with Gasteiger partial charge < -0.3 is 15.2 Å². The van der Waals surface area contributed by atoms with Crippen molar-refractivity contribution in [3.63, 3.8) is 0 Å². The molecule has 0 amide bonds. The number of aromatic nitrogens is 2. The Morgan fingerprint density at radius 2 is 2.15 bits per heavy atom. The lowest BCUT2D eigenvalue weighted by molar-refractivity contribution is -0.0531. The summed E-state index contributed by atoms with van der Waals surface area (Å²) in [4.78, 5) is 7.06. The topological polar surface area (TPSA) is 70.3 Å². The molecule has 2 N–H and O–H groups in total. The van der Waals surface area contributed by atoms with Crippen molar-refractivity contribution in [2.45, 2.75) is 6.61 Å². The van der Waals surface area contributed by atoms with E-state index in [1.807, 2.05) is 0 Å². The van der Waals surface area contributed by atoms with E-state index in [4.69, 9.17) is 5.73 Å². The number of hydrogen-bond acceptors (Lipinski definition) is 5. The van der Waals surface area contributed by atoms with E-state index in [1.165, 1.54) is 7.11 Å². The zero-order chi connectivity index (χ0) is 9.84.